The van der Waals surface area contributed by atoms with Crippen molar-refractivity contribution in [2.75, 3.05) is 31.2 Å². The predicted molar refractivity (Wildman–Crippen MR) is 102 cm³/mol. The Hall–Kier alpha value is -2.70. The maximum absolute atomic E-state index is 6.37. The van der Waals surface area contributed by atoms with E-state index in [4.69, 9.17) is 16.3 Å². The minimum atomic E-state index is 0.444. The van der Waals surface area contributed by atoms with Gasteiger partial charge >= 0.3 is 0 Å². The fraction of sp³-hybridized carbons (Fsp3) is 0.211. The monoisotopic (exact) mass is 365 g/mol. The number of hydrogen-bond donors (Lipinski definition) is 0. The molecule has 7 heteroatoms. The number of anilines is 1. The van der Waals surface area contributed by atoms with Crippen LogP contribution in [0.3, 0.4) is 0 Å². The fourth-order valence-electron chi connectivity index (χ4n) is 3.36. The number of benzene rings is 2. The van der Waals surface area contributed by atoms with Gasteiger partial charge in [-0.25, -0.2) is 0 Å². The highest BCUT2D eigenvalue weighted by Gasteiger charge is 2.15. The van der Waals surface area contributed by atoms with Crippen molar-refractivity contribution in [3.63, 3.8) is 0 Å². The Morgan fingerprint density at radius 3 is 2.38 bits per heavy atom. The largest absolute Gasteiger partial charge is 0.378 e. The lowest BCUT2D eigenvalue weighted by Crippen LogP contribution is -2.36. The van der Waals surface area contributed by atoms with Crippen molar-refractivity contribution in [2.45, 2.75) is 0 Å². The Kier molecular flexibility index (Phi) is 3.72. The van der Waals surface area contributed by atoms with Gasteiger partial charge in [0.25, 0.3) is 0 Å². The summed E-state index contributed by atoms with van der Waals surface area (Å²) in [4.78, 5) is 2.32. The van der Waals surface area contributed by atoms with Crippen LogP contribution in [0.25, 0.3) is 27.8 Å². The van der Waals surface area contributed by atoms with Gasteiger partial charge in [0.05, 0.1) is 13.2 Å². The van der Waals surface area contributed by atoms with E-state index in [1.165, 1.54) is 5.69 Å². The average Bonchev–Trinajstić information content (AvgIpc) is 3.13. The summed E-state index contributed by atoms with van der Waals surface area (Å²) >= 11 is 6.37. The molecule has 3 heterocycles. The first-order chi connectivity index (χ1) is 12.8. The smallest absolute Gasteiger partial charge is 0.186 e. The Balaban J connectivity index is 1.58. The van der Waals surface area contributed by atoms with Gasteiger partial charge in [0.2, 0.25) is 0 Å². The first-order valence-corrected chi connectivity index (χ1v) is 8.92. The maximum Gasteiger partial charge on any atom is 0.186 e. The molecule has 0 atom stereocenters. The van der Waals surface area contributed by atoms with Gasteiger partial charge in [-0.1, -0.05) is 35.9 Å². The van der Waals surface area contributed by atoms with Gasteiger partial charge in [0, 0.05) is 35.1 Å². The summed E-state index contributed by atoms with van der Waals surface area (Å²) in [5.74, 6) is 0.682. The third-order valence-electron chi connectivity index (χ3n) is 4.72. The van der Waals surface area contributed by atoms with Gasteiger partial charge in [-0.05, 0) is 24.3 Å². The molecular weight excluding hydrogens is 350 g/mol. The lowest BCUT2D eigenvalue weighted by atomic mass is 10.1. The van der Waals surface area contributed by atoms with Crippen molar-refractivity contribution in [3.05, 3.63) is 53.7 Å². The van der Waals surface area contributed by atoms with Crippen LogP contribution < -0.4 is 4.90 Å². The van der Waals surface area contributed by atoms with Crippen molar-refractivity contribution < 1.29 is 4.74 Å². The fourth-order valence-corrected chi connectivity index (χ4v) is 3.61. The molecule has 26 heavy (non-hydrogen) atoms. The minimum Gasteiger partial charge on any atom is -0.378 e. The third kappa shape index (κ3) is 2.50. The van der Waals surface area contributed by atoms with Gasteiger partial charge in [-0.3, -0.25) is 0 Å². The second-order valence-corrected chi connectivity index (χ2v) is 6.60. The van der Waals surface area contributed by atoms with Gasteiger partial charge in [-0.2, -0.15) is 9.61 Å². The van der Waals surface area contributed by atoms with Crippen molar-refractivity contribution in [1.29, 1.82) is 0 Å². The van der Waals surface area contributed by atoms with Crippen molar-refractivity contribution in [3.8, 4) is 11.4 Å². The van der Waals surface area contributed by atoms with Crippen molar-refractivity contribution in [1.82, 2.24) is 19.8 Å². The normalized spacial score (nSPS) is 15.0. The molecule has 0 bridgehead atoms. The molecule has 5 rings (SSSR count). The molecule has 0 radical (unpaired) electrons. The first kappa shape index (κ1) is 15.5. The molecule has 0 saturated carbocycles. The molecule has 1 saturated heterocycles. The van der Waals surface area contributed by atoms with Crippen LogP contribution in [0.2, 0.25) is 5.15 Å². The minimum absolute atomic E-state index is 0.444. The molecule has 1 fully saturated rings. The number of aromatic nitrogens is 4. The van der Waals surface area contributed by atoms with E-state index in [2.05, 4.69) is 32.3 Å². The van der Waals surface area contributed by atoms with E-state index in [1.807, 2.05) is 36.4 Å². The van der Waals surface area contributed by atoms with E-state index in [-0.39, 0.29) is 0 Å². The summed E-state index contributed by atoms with van der Waals surface area (Å²) < 4.78 is 7.13. The molecule has 0 N–H and O–H groups in total. The zero-order valence-corrected chi connectivity index (χ0v) is 14.7. The van der Waals surface area contributed by atoms with Crippen LogP contribution in [0.1, 0.15) is 0 Å². The van der Waals surface area contributed by atoms with E-state index < -0.39 is 0 Å². The second kappa shape index (κ2) is 6.23. The average molecular weight is 366 g/mol. The number of ether oxygens (including phenoxy) is 1. The van der Waals surface area contributed by atoms with Crippen molar-refractivity contribution >= 4 is 33.7 Å². The van der Waals surface area contributed by atoms with Crippen LogP contribution in [-0.4, -0.2) is 46.1 Å². The molecule has 6 nitrogen and oxygen atoms in total. The number of rotatable bonds is 2. The van der Waals surface area contributed by atoms with E-state index in [1.54, 1.807) is 4.52 Å². The summed E-state index contributed by atoms with van der Waals surface area (Å²) in [6, 6.07) is 16.1. The van der Waals surface area contributed by atoms with Crippen LogP contribution >= 0.6 is 11.6 Å². The van der Waals surface area contributed by atoms with E-state index in [0.29, 0.717) is 16.6 Å². The standard InChI is InChI=1S/C19H16ClN5O/c20-17-15-3-1-2-4-16(15)19-22-21-18(25(19)23-17)13-5-7-14(8-6-13)24-9-11-26-12-10-24/h1-8H,9-12H2. The topological polar surface area (TPSA) is 55.5 Å². The number of morpholine rings is 1. The molecular formula is C19H16ClN5O. The summed E-state index contributed by atoms with van der Waals surface area (Å²) in [6.45, 7) is 3.37. The second-order valence-electron chi connectivity index (χ2n) is 6.24. The highest BCUT2D eigenvalue weighted by molar-refractivity contribution is 6.34. The van der Waals surface area contributed by atoms with Crippen LogP contribution in [0.5, 0.6) is 0 Å². The molecule has 1 aliphatic rings. The lowest BCUT2D eigenvalue weighted by Gasteiger charge is -2.28. The van der Waals surface area contributed by atoms with Gasteiger partial charge in [0.1, 0.15) is 0 Å². The third-order valence-corrected chi connectivity index (χ3v) is 5.00. The molecule has 1 aliphatic heterocycles. The molecule has 0 aliphatic carbocycles. The first-order valence-electron chi connectivity index (χ1n) is 8.54. The Morgan fingerprint density at radius 2 is 1.62 bits per heavy atom. The Bertz CT molecular complexity index is 1090. The van der Waals surface area contributed by atoms with Crippen LogP contribution in [0.15, 0.2) is 48.5 Å². The summed E-state index contributed by atoms with van der Waals surface area (Å²) in [7, 11) is 0. The van der Waals surface area contributed by atoms with Gasteiger partial charge in [-0.15, -0.1) is 10.2 Å². The number of hydrogen-bond acceptors (Lipinski definition) is 5. The van der Waals surface area contributed by atoms with Crippen LogP contribution in [0, 0.1) is 0 Å². The number of fused-ring (bicyclic) bond motifs is 3. The van der Waals surface area contributed by atoms with Gasteiger partial charge in [0.15, 0.2) is 16.6 Å². The zero-order valence-electron chi connectivity index (χ0n) is 14.0. The molecule has 130 valence electrons. The van der Waals surface area contributed by atoms with Crippen LogP contribution in [-0.2, 0) is 4.74 Å². The quantitative estimate of drug-likeness (QED) is 0.544. The van der Waals surface area contributed by atoms with E-state index in [9.17, 15) is 0 Å². The van der Waals surface area contributed by atoms with Crippen molar-refractivity contribution in [2.24, 2.45) is 0 Å². The molecule has 0 spiro atoms. The Morgan fingerprint density at radius 1 is 0.885 bits per heavy atom. The molecule has 2 aromatic heterocycles. The highest BCUT2D eigenvalue weighted by atomic mass is 35.5. The predicted octanol–water partition coefficient (Wildman–Crippen LogP) is 3.43. The number of halogens is 1. The number of nitrogens with zero attached hydrogens (tertiary/aromatic N) is 5. The molecule has 0 unspecified atom stereocenters. The van der Waals surface area contributed by atoms with E-state index in [0.717, 1.165) is 42.6 Å². The molecule has 2 aromatic carbocycles. The van der Waals surface area contributed by atoms with Gasteiger partial charge < -0.3 is 9.64 Å². The Labute approximate surface area is 155 Å². The summed E-state index contributed by atoms with van der Waals surface area (Å²) in [5.41, 5.74) is 2.84. The van der Waals surface area contributed by atoms with E-state index >= 15 is 0 Å². The van der Waals surface area contributed by atoms with Crippen LogP contribution in [0.4, 0.5) is 5.69 Å². The SMILES string of the molecule is Clc1nn2c(-c3ccc(N4CCOCC4)cc3)nnc2c2ccccc12. The summed E-state index contributed by atoms with van der Waals surface area (Å²) in [6.07, 6.45) is 0. The summed E-state index contributed by atoms with van der Waals surface area (Å²) in [5, 5.41) is 15.4. The maximum atomic E-state index is 6.37. The highest BCUT2D eigenvalue weighted by Crippen LogP contribution is 2.28. The lowest BCUT2D eigenvalue weighted by molar-refractivity contribution is 0.122. The molecule has 0 amide bonds. The molecule has 4 aromatic rings. The zero-order chi connectivity index (χ0) is 17.5.